The predicted octanol–water partition coefficient (Wildman–Crippen LogP) is 1.43. The number of hydrogen-bond acceptors (Lipinski definition) is 4. The van der Waals surface area contributed by atoms with E-state index in [9.17, 15) is 13.2 Å². The van der Waals surface area contributed by atoms with Gasteiger partial charge < -0.3 is 9.32 Å². The summed E-state index contributed by atoms with van der Waals surface area (Å²) in [5.74, 6) is 0.673. The van der Waals surface area contributed by atoms with Crippen molar-refractivity contribution in [3.63, 3.8) is 0 Å². The molecule has 124 valence electrons. The van der Waals surface area contributed by atoms with Crippen molar-refractivity contribution in [2.24, 2.45) is 0 Å². The van der Waals surface area contributed by atoms with E-state index in [4.69, 9.17) is 4.42 Å². The lowest BCUT2D eigenvalue weighted by Crippen LogP contribution is -2.36. The lowest BCUT2D eigenvalue weighted by molar-refractivity contribution is -0.129. The van der Waals surface area contributed by atoms with Gasteiger partial charge >= 0.3 is 0 Å². The summed E-state index contributed by atoms with van der Waals surface area (Å²) in [6.07, 6.45) is 0.704. The highest BCUT2D eigenvalue weighted by Gasteiger charge is 2.34. The molecule has 0 radical (unpaired) electrons. The number of hydrogen-bond donors (Lipinski definition) is 1. The van der Waals surface area contributed by atoms with Gasteiger partial charge in [-0.05, 0) is 26.5 Å². The Labute approximate surface area is 135 Å². The van der Waals surface area contributed by atoms with E-state index in [1.54, 1.807) is 4.90 Å². The number of nitrogens with zero attached hydrogens (tertiary/aromatic N) is 1. The van der Waals surface area contributed by atoms with E-state index < -0.39 is 15.3 Å². The highest BCUT2D eigenvalue weighted by Crippen LogP contribution is 2.26. The summed E-state index contributed by atoms with van der Waals surface area (Å²) in [5.41, 5.74) is 1.65. The summed E-state index contributed by atoms with van der Waals surface area (Å²) >= 11 is 0. The molecule has 6 nitrogen and oxygen atoms in total. The average Bonchev–Trinajstić information content (AvgIpc) is 3.14. The van der Waals surface area contributed by atoms with E-state index in [1.807, 2.05) is 31.2 Å². The SMILES string of the molecule is CNS(=O)(=O)C1CCN(C(=O)Cc2c(C)oc3ccccc23)C1. The van der Waals surface area contributed by atoms with Gasteiger partial charge in [-0.1, -0.05) is 18.2 Å². The van der Waals surface area contributed by atoms with Crippen LogP contribution in [0.4, 0.5) is 0 Å². The van der Waals surface area contributed by atoms with Crippen LogP contribution >= 0.6 is 0 Å². The molecule has 1 atom stereocenters. The molecule has 0 aliphatic carbocycles. The molecular weight excluding hydrogens is 316 g/mol. The second kappa shape index (κ2) is 5.98. The van der Waals surface area contributed by atoms with Crippen molar-refractivity contribution < 1.29 is 17.6 Å². The molecule has 2 heterocycles. The molecule has 1 aliphatic heterocycles. The van der Waals surface area contributed by atoms with Crippen LogP contribution in [-0.4, -0.2) is 44.6 Å². The lowest BCUT2D eigenvalue weighted by Gasteiger charge is -2.16. The van der Waals surface area contributed by atoms with Gasteiger partial charge in [0.05, 0.1) is 11.7 Å². The Morgan fingerprint density at radius 2 is 2.13 bits per heavy atom. The first-order valence-corrected chi connectivity index (χ1v) is 9.14. The number of benzene rings is 1. The fourth-order valence-electron chi connectivity index (χ4n) is 3.08. The molecule has 1 unspecified atom stereocenters. The zero-order valence-electron chi connectivity index (χ0n) is 13.2. The third kappa shape index (κ3) is 2.98. The van der Waals surface area contributed by atoms with Gasteiger partial charge in [-0.2, -0.15) is 0 Å². The molecular formula is C16H20N2O4S. The topological polar surface area (TPSA) is 79.6 Å². The number of sulfonamides is 1. The van der Waals surface area contributed by atoms with Gasteiger partial charge in [0.2, 0.25) is 15.9 Å². The van der Waals surface area contributed by atoms with Crippen molar-refractivity contribution in [1.29, 1.82) is 0 Å². The molecule has 1 aromatic carbocycles. The predicted molar refractivity (Wildman–Crippen MR) is 87.6 cm³/mol. The molecule has 0 saturated carbocycles. The molecule has 1 amide bonds. The van der Waals surface area contributed by atoms with Crippen LogP contribution in [0.15, 0.2) is 28.7 Å². The van der Waals surface area contributed by atoms with Gasteiger partial charge in [-0.25, -0.2) is 13.1 Å². The number of likely N-dealkylation sites (tertiary alicyclic amines) is 1. The third-order valence-corrected chi connectivity index (χ3v) is 6.28. The fraction of sp³-hybridized carbons (Fsp3) is 0.438. The Morgan fingerprint density at radius 1 is 1.39 bits per heavy atom. The van der Waals surface area contributed by atoms with Gasteiger partial charge in [0.15, 0.2) is 0 Å². The van der Waals surface area contributed by atoms with E-state index in [0.29, 0.717) is 13.0 Å². The number of nitrogens with one attached hydrogen (secondary N) is 1. The van der Waals surface area contributed by atoms with Gasteiger partial charge in [-0.15, -0.1) is 0 Å². The van der Waals surface area contributed by atoms with Crippen molar-refractivity contribution in [1.82, 2.24) is 9.62 Å². The number of aryl methyl sites for hydroxylation is 1. The van der Waals surface area contributed by atoms with Crippen LogP contribution in [0.2, 0.25) is 0 Å². The Morgan fingerprint density at radius 3 is 2.87 bits per heavy atom. The molecule has 7 heteroatoms. The third-order valence-electron chi connectivity index (χ3n) is 4.45. The normalized spacial score (nSPS) is 18.7. The Balaban J connectivity index is 1.76. The maximum absolute atomic E-state index is 12.5. The summed E-state index contributed by atoms with van der Waals surface area (Å²) in [6.45, 7) is 2.57. The van der Waals surface area contributed by atoms with Crippen LogP contribution in [0.3, 0.4) is 0 Å². The van der Waals surface area contributed by atoms with Gasteiger partial charge in [0.25, 0.3) is 0 Å². The Bertz CT molecular complexity index is 841. The molecule has 0 bridgehead atoms. The van der Waals surface area contributed by atoms with Crippen molar-refractivity contribution >= 4 is 26.9 Å². The van der Waals surface area contributed by atoms with Crippen LogP contribution in [0, 0.1) is 6.92 Å². The minimum Gasteiger partial charge on any atom is -0.461 e. The van der Waals surface area contributed by atoms with Gasteiger partial charge in [0, 0.05) is 24.0 Å². The van der Waals surface area contributed by atoms with Crippen molar-refractivity contribution in [2.45, 2.75) is 25.0 Å². The number of rotatable bonds is 4. The largest absolute Gasteiger partial charge is 0.461 e. The van der Waals surface area contributed by atoms with Crippen LogP contribution in [0.25, 0.3) is 11.0 Å². The maximum atomic E-state index is 12.5. The smallest absolute Gasteiger partial charge is 0.227 e. The number of furan rings is 1. The number of amides is 1. The number of carbonyl (C=O) groups is 1. The van der Waals surface area contributed by atoms with Crippen LogP contribution in [-0.2, 0) is 21.2 Å². The van der Waals surface area contributed by atoms with Crippen molar-refractivity contribution in [2.75, 3.05) is 20.1 Å². The molecule has 23 heavy (non-hydrogen) atoms. The standard InChI is InChI=1S/C16H20N2O4S/c1-11-14(13-5-3-4-6-15(13)22-11)9-16(19)18-8-7-12(10-18)23(20,21)17-2/h3-6,12,17H,7-10H2,1-2H3. The maximum Gasteiger partial charge on any atom is 0.227 e. The molecule has 0 spiro atoms. The van der Waals surface area contributed by atoms with E-state index in [1.165, 1.54) is 7.05 Å². The lowest BCUT2D eigenvalue weighted by atomic mass is 10.1. The van der Waals surface area contributed by atoms with Crippen molar-refractivity contribution in [3.8, 4) is 0 Å². The molecule has 1 saturated heterocycles. The van der Waals surface area contributed by atoms with Crippen LogP contribution < -0.4 is 4.72 Å². The zero-order valence-corrected chi connectivity index (χ0v) is 14.0. The molecule has 1 aliphatic rings. The summed E-state index contributed by atoms with van der Waals surface area (Å²) < 4.78 is 31.7. The average molecular weight is 336 g/mol. The second-order valence-corrected chi connectivity index (χ2v) is 7.97. The molecule has 3 rings (SSSR count). The van der Waals surface area contributed by atoms with E-state index in [0.717, 1.165) is 22.3 Å². The van der Waals surface area contributed by atoms with E-state index in [-0.39, 0.29) is 18.9 Å². The minimum atomic E-state index is -3.33. The molecule has 1 N–H and O–H groups in total. The summed E-state index contributed by atoms with van der Waals surface area (Å²) in [7, 11) is -1.93. The summed E-state index contributed by atoms with van der Waals surface area (Å²) in [5, 5.41) is 0.413. The highest BCUT2D eigenvalue weighted by atomic mass is 32.2. The number of carbonyl (C=O) groups excluding carboxylic acids is 1. The number of para-hydroxylation sites is 1. The second-order valence-electron chi connectivity index (χ2n) is 5.81. The quantitative estimate of drug-likeness (QED) is 0.916. The summed E-state index contributed by atoms with van der Waals surface area (Å²) in [4.78, 5) is 14.2. The molecule has 1 aromatic heterocycles. The van der Waals surface area contributed by atoms with Crippen molar-refractivity contribution in [3.05, 3.63) is 35.6 Å². The van der Waals surface area contributed by atoms with E-state index >= 15 is 0 Å². The highest BCUT2D eigenvalue weighted by molar-refractivity contribution is 7.90. The molecule has 1 fully saturated rings. The van der Waals surface area contributed by atoms with Crippen LogP contribution in [0.1, 0.15) is 17.7 Å². The van der Waals surface area contributed by atoms with E-state index in [2.05, 4.69) is 4.72 Å². The van der Waals surface area contributed by atoms with Gasteiger partial charge in [-0.3, -0.25) is 4.79 Å². The first kappa shape index (κ1) is 16.0. The van der Waals surface area contributed by atoms with Crippen LogP contribution in [0.5, 0.6) is 0 Å². The monoisotopic (exact) mass is 336 g/mol. The first-order valence-electron chi connectivity index (χ1n) is 7.59. The Hall–Kier alpha value is -1.86. The molecule has 2 aromatic rings. The number of fused-ring (bicyclic) bond motifs is 1. The minimum absolute atomic E-state index is 0.0616. The first-order chi connectivity index (χ1) is 10.9. The fourth-order valence-corrected chi connectivity index (χ4v) is 4.20. The summed E-state index contributed by atoms with van der Waals surface area (Å²) in [6, 6.07) is 7.62. The van der Waals surface area contributed by atoms with Gasteiger partial charge in [0.1, 0.15) is 11.3 Å². The zero-order chi connectivity index (χ0) is 16.6. The Kier molecular flexibility index (Phi) is 4.16.